The van der Waals surface area contributed by atoms with Crippen LogP contribution in [0.4, 0.5) is 0 Å². The van der Waals surface area contributed by atoms with Crippen molar-refractivity contribution in [3.8, 4) is 0 Å². The van der Waals surface area contributed by atoms with Gasteiger partial charge in [0.05, 0.1) is 13.2 Å². The van der Waals surface area contributed by atoms with E-state index >= 15 is 0 Å². The monoisotopic (exact) mass is 400 g/mol. The maximum Gasteiger partial charge on any atom is 0.329 e. The first-order valence-electron chi connectivity index (χ1n) is 9.15. The molecular formula is C16H32O9S. The summed E-state index contributed by atoms with van der Waals surface area (Å²) < 4.78 is 43.0. The molecule has 0 amide bonds. The number of aliphatic hydroxyl groups is 4. The van der Waals surface area contributed by atoms with Gasteiger partial charge in [-0.1, -0.05) is 51.9 Å². The maximum absolute atomic E-state index is 11.7. The van der Waals surface area contributed by atoms with E-state index in [2.05, 4.69) is 6.92 Å². The summed E-state index contributed by atoms with van der Waals surface area (Å²) in [5.41, 5.74) is 0. The van der Waals surface area contributed by atoms with Crippen molar-refractivity contribution in [3.05, 3.63) is 0 Å². The quantitative estimate of drug-likeness (QED) is 0.215. The van der Waals surface area contributed by atoms with Crippen molar-refractivity contribution >= 4 is 10.1 Å². The topological polar surface area (TPSA) is 154 Å². The summed E-state index contributed by atoms with van der Waals surface area (Å²) in [5.74, 6) is 0. The van der Waals surface area contributed by atoms with Crippen molar-refractivity contribution in [2.24, 2.45) is 0 Å². The van der Waals surface area contributed by atoms with Crippen LogP contribution in [0.15, 0.2) is 0 Å². The normalized spacial score (nSPS) is 30.6. The van der Waals surface area contributed by atoms with Crippen molar-refractivity contribution < 1.29 is 42.9 Å². The molecule has 9 nitrogen and oxygen atoms in total. The molecule has 5 atom stereocenters. The lowest BCUT2D eigenvalue weighted by Gasteiger charge is -2.28. The first kappa shape index (κ1) is 23.7. The van der Waals surface area contributed by atoms with Crippen LogP contribution in [0.3, 0.4) is 0 Å². The van der Waals surface area contributed by atoms with E-state index in [0.717, 1.165) is 25.7 Å². The third-order valence-corrected chi connectivity index (χ3v) is 5.72. The lowest BCUT2D eigenvalue weighted by molar-refractivity contribution is -0.215. The average molecular weight is 400 g/mol. The van der Waals surface area contributed by atoms with Gasteiger partial charge in [-0.25, -0.2) is 0 Å². The van der Waals surface area contributed by atoms with Crippen molar-refractivity contribution in [2.75, 3.05) is 13.2 Å². The van der Waals surface area contributed by atoms with Gasteiger partial charge in [0.15, 0.2) is 6.10 Å². The number of rotatable bonds is 13. The molecule has 1 saturated heterocycles. The van der Waals surface area contributed by atoms with E-state index in [-0.39, 0.29) is 6.61 Å². The minimum absolute atomic E-state index is 0.125. The Kier molecular flexibility index (Phi) is 9.91. The summed E-state index contributed by atoms with van der Waals surface area (Å²) in [4.78, 5) is 0. The molecule has 10 heteroatoms. The van der Waals surface area contributed by atoms with Gasteiger partial charge in [-0.3, -0.25) is 4.55 Å². The number of unbranched alkanes of at least 4 members (excludes halogenated alkanes) is 7. The SMILES string of the molecule is CCCCCCCCCCO[C@]1(S(=O)(=O)O)O[C@@H]([C@H](O)CO)[C@H](O)[C@H]1O. The molecule has 0 spiro atoms. The van der Waals surface area contributed by atoms with Gasteiger partial charge in [0.1, 0.15) is 18.3 Å². The van der Waals surface area contributed by atoms with Crippen LogP contribution in [-0.2, 0) is 19.6 Å². The predicted octanol–water partition coefficient (Wildman–Crippen LogP) is 0.159. The summed E-state index contributed by atoms with van der Waals surface area (Å²) in [6.45, 7) is 1.19. The van der Waals surface area contributed by atoms with Crippen LogP contribution >= 0.6 is 0 Å². The Balaban J connectivity index is 2.56. The molecular weight excluding hydrogens is 368 g/mol. The van der Waals surface area contributed by atoms with Gasteiger partial charge in [-0.05, 0) is 6.42 Å². The lowest BCUT2D eigenvalue weighted by Crippen LogP contribution is -2.51. The van der Waals surface area contributed by atoms with Crippen molar-refractivity contribution in [1.82, 2.24) is 0 Å². The highest BCUT2D eigenvalue weighted by atomic mass is 32.2. The molecule has 156 valence electrons. The fourth-order valence-electron chi connectivity index (χ4n) is 2.99. The highest BCUT2D eigenvalue weighted by Crippen LogP contribution is 2.38. The van der Waals surface area contributed by atoms with E-state index in [1.165, 1.54) is 19.3 Å². The molecule has 0 aromatic rings. The second-order valence-electron chi connectivity index (χ2n) is 6.67. The van der Waals surface area contributed by atoms with Crippen LogP contribution < -0.4 is 0 Å². The standard InChI is InChI=1S/C16H32O9S/c1-2-3-4-5-6-7-8-9-10-24-16(26(21,22)23)15(20)13(19)14(25-16)12(18)11-17/h12-15,17-20H,2-11H2,1H3,(H,21,22,23)/t12-,13+,14+,15-,16+/m1/s1. The maximum atomic E-state index is 11.7. The second kappa shape index (κ2) is 10.9. The molecule has 0 aromatic heterocycles. The Morgan fingerprint density at radius 1 is 1.08 bits per heavy atom. The minimum atomic E-state index is -5.08. The largest absolute Gasteiger partial charge is 0.394 e. The zero-order valence-electron chi connectivity index (χ0n) is 15.2. The molecule has 0 saturated carbocycles. The molecule has 1 heterocycles. The van der Waals surface area contributed by atoms with Crippen LogP contribution in [0, 0.1) is 0 Å². The van der Waals surface area contributed by atoms with Crippen LogP contribution in [-0.4, -0.2) is 76.1 Å². The molecule has 5 N–H and O–H groups in total. The molecule has 0 bridgehead atoms. The summed E-state index contributed by atoms with van der Waals surface area (Å²) in [6.07, 6.45) is 0.726. The Bertz CT molecular complexity index is 498. The van der Waals surface area contributed by atoms with Crippen LogP contribution in [0.5, 0.6) is 0 Å². The Morgan fingerprint density at radius 2 is 1.62 bits per heavy atom. The highest BCUT2D eigenvalue weighted by Gasteiger charge is 2.64. The molecule has 0 unspecified atom stereocenters. The number of hydrogen-bond acceptors (Lipinski definition) is 8. The lowest BCUT2D eigenvalue weighted by atomic mass is 10.1. The predicted molar refractivity (Wildman–Crippen MR) is 92.8 cm³/mol. The Hall–Kier alpha value is -0.330. The number of ether oxygens (including phenoxy) is 2. The molecule has 1 aliphatic heterocycles. The van der Waals surface area contributed by atoms with E-state index in [4.69, 9.17) is 14.6 Å². The zero-order chi connectivity index (χ0) is 19.8. The van der Waals surface area contributed by atoms with Gasteiger partial charge in [-0.15, -0.1) is 0 Å². The molecule has 1 fully saturated rings. The summed E-state index contributed by atoms with van der Waals surface area (Å²) in [6, 6.07) is 0. The second-order valence-corrected chi connectivity index (χ2v) is 8.19. The van der Waals surface area contributed by atoms with Gasteiger partial charge in [0.25, 0.3) is 0 Å². The molecule has 26 heavy (non-hydrogen) atoms. The highest BCUT2D eigenvalue weighted by molar-refractivity contribution is 7.87. The number of aliphatic hydroxyl groups excluding tert-OH is 4. The molecule has 1 rings (SSSR count). The molecule has 0 aliphatic carbocycles. The van der Waals surface area contributed by atoms with E-state index in [1.54, 1.807) is 0 Å². The van der Waals surface area contributed by atoms with E-state index in [0.29, 0.717) is 6.42 Å². The van der Waals surface area contributed by atoms with Crippen molar-refractivity contribution in [2.45, 2.75) is 87.8 Å². The van der Waals surface area contributed by atoms with Crippen LogP contribution in [0.1, 0.15) is 58.3 Å². The van der Waals surface area contributed by atoms with Gasteiger partial charge in [0.2, 0.25) is 0 Å². The van der Waals surface area contributed by atoms with Crippen LogP contribution in [0.2, 0.25) is 0 Å². The average Bonchev–Trinajstić information content (AvgIpc) is 2.85. The first-order chi connectivity index (χ1) is 12.2. The fourth-order valence-corrected chi connectivity index (χ4v) is 3.90. The fraction of sp³-hybridized carbons (Fsp3) is 1.00. The Labute approximate surface area is 154 Å². The third kappa shape index (κ3) is 5.83. The first-order valence-corrected chi connectivity index (χ1v) is 10.6. The molecule has 0 radical (unpaired) electrons. The van der Waals surface area contributed by atoms with Crippen molar-refractivity contribution in [3.63, 3.8) is 0 Å². The van der Waals surface area contributed by atoms with E-state index in [9.17, 15) is 28.3 Å². The molecule has 1 aliphatic rings. The van der Waals surface area contributed by atoms with Gasteiger partial charge >= 0.3 is 15.2 Å². The smallest absolute Gasteiger partial charge is 0.329 e. The van der Waals surface area contributed by atoms with E-state index < -0.39 is 46.3 Å². The summed E-state index contributed by atoms with van der Waals surface area (Å²) in [5, 5.41) is 35.6. The Morgan fingerprint density at radius 3 is 2.12 bits per heavy atom. The summed E-state index contributed by atoms with van der Waals surface area (Å²) in [7, 11) is -5.08. The third-order valence-electron chi connectivity index (χ3n) is 4.55. The van der Waals surface area contributed by atoms with E-state index in [1.807, 2.05) is 0 Å². The van der Waals surface area contributed by atoms with Crippen molar-refractivity contribution in [1.29, 1.82) is 0 Å². The van der Waals surface area contributed by atoms with Gasteiger partial charge < -0.3 is 29.9 Å². The van der Waals surface area contributed by atoms with Crippen LogP contribution in [0.25, 0.3) is 0 Å². The van der Waals surface area contributed by atoms with Gasteiger partial charge in [0, 0.05) is 0 Å². The summed E-state index contributed by atoms with van der Waals surface area (Å²) >= 11 is 0. The number of hydrogen-bond donors (Lipinski definition) is 5. The zero-order valence-corrected chi connectivity index (χ0v) is 16.0. The van der Waals surface area contributed by atoms with Gasteiger partial charge in [-0.2, -0.15) is 8.42 Å². The molecule has 0 aromatic carbocycles. The minimum Gasteiger partial charge on any atom is -0.394 e.